The zero-order chi connectivity index (χ0) is 21.4. The quantitative estimate of drug-likeness (QED) is 0.642. The number of carbonyl (C=O) groups excluding carboxylic acids is 1. The van der Waals surface area contributed by atoms with Crippen LogP contribution in [-0.2, 0) is 23.9 Å². The first kappa shape index (κ1) is 20.6. The van der Waals surface area contributed by atoms with Gasteiger partial charge in [-0.1, -0.05) is 30.3 Å². The predicted octanol–water partition coefficient (Wildman–Crippen LogP) is 4.48. The highest BCUT2D eigenvalue weighted by Crippen LogP contribution is 2.37. The van der Waals surface area contributed by atoms with E-state index in [1.165, 1.54) is 17.7 Å². The zero-order valence-electron chi connectivity index (χ0n) is 15.8. The Labute approximate surface area is 165 Å². The highest BCUT2D eigenvalue weighted by atomic mass is 19.4. The second kappa shape index (κ2) is 7.33. The van der Waals surface area contributed by atoms with Crippen LogP contribution in [0.5, 0.6) is 0 Å². The average molecular weight is 401 g/mol. The van der Waals surface area contributed by atoms with Crippen molar-refractivity contribution in [1.29, 1.82) is 0 Å². The third-order valence-electron chi connectivity index (χ3n) is 4.74. The van der Waals surface area contributed by atoms with Gasteiger partial charge in [0.15, 0.2) is 11.5 Å². The van der Waals surface area contributed by atoms with E-state index in [9.17, 15) is 23.1 Å². The van der Waals surface area contributed by atoms with Gasteiger partial charge in [0.2, 0.25) is 0 Å². The summed E-state index contributed by atoms with van der Waals surface area (Å²) in [5.74, 6) is -0.641. The molecule has 0 radical (unpaired) electrons. The summed E-state index contributed by atoms with van der Waals surface area (Å²) in [6.45, 7) is 9.97. The molecular formula is C21H18F3N3O2. The van der Waals surface area contributed by atoms with E-state index >= 15 is 0 Å². The van der Waals surface area contributed by atoms with E-state index in [4.69, 9.17) is 6.57 Å². The minimum absolute atomic E-state index is 0.0801. The average Bonchev–Trinajstić information content (AvgIpc) is 3.04. The van der Waals surface area contributed by atoms with Crippen LogP contribution in [0.4, 0.5) is 18.9 Å². The molecule has 0 spiro atoms. The number of hydrogen-bond donors (Lipinski definition) is 1. The number of ketones is 1. The molecule has 1 N–H and O–H groups in total. The molecule has 0 fully saturated rings. The molecule has 0 aliphatic heterocycles. The normalized spacial score (nSPS) is 13.8. The largest absolute Gasteiger partial charge is 0.407 e. The molecule has 0 aliphatic carbocycles. The second-order valence-electron chi connectivity index (χ2n) is 7.17. The SMILES string of the molecule is [C-]#[N+]c1ccc(CC(=O)[C@@](C)(O)Cn2cc3c(C)cccc3n2)cc1C(F)(F)F. The highest BCUT2D eigenvalue weighted by molar-refractivity contribution is 5.89. The molecule has 8 heteroatoms. The molecule has 3 aromatic rings. The molecule has 5 nitrogen and oxygen atoms in total. The molecular weight excluding hydrogens is 383 g/mol. The third kappa shape index (κ3) is 4.30. The van der Waals surface area contributed by atoms with Gasteiger partial charge in [-0.2, -0.15) is 18.3 Å². The smallest absolute Gasteiger partial charge is 0.380 e. The number of hydrogen-bond acceptors (Lipinski definition) is 3. The van der Waals surface area contributed by atoms with Crippen molar-refractivity contribution in [3.8, 4) is 0 Å². The van der Waals surface area contributed by atoms with Crippen LogP contribution in [0.25, 0.3) is 15.7 Å². The Morgan fingerprint density at radius 2 is 2.00 bits per heavy atom. The molecule has 1 atom stereocenters. The Hall–Kier alpha value is -3.18. The fourth-order valence-corrected chi connectivity index (χ4v) is 3.11. The van der Waals surface area contributed by atoms with Crippen LogP contribution in [-0.4, -0.2) is 26.3 Å². The first-order valence-electron chi connectivity index (χ1n) is 8.77. The van der Waals surface area contributed by atoms with Crippen molar-refractivity contribution in [3.63, 3.8) is 0 Å². The molecule has 150 valence electrons. The first-order valence-corrected chi connectivity index (χ1v) is 8.77. The van der Waals surface area contributed by atoms with Crippen molar-refractivity contribution in [2.75, 3.05) is 0 Å². The van der Waals surface area contributed by atoms with E-state index in [0.29, 0.717) is 0 Å². The van der Waals surface area contributed by atoms with Crippen molar-refractivity contribution < 1.29 is 23.1 Å². The summed E-state index contributed by atoms with van der Waals surface area (Å²) in [5.41, 5.74) is -1.65. The number of rotatable bonds is 5. The van der Waals surface area contributed by atoms with Crippen molar-refractivity contribution in [3.05, 3.63) is 70.7 Å². The molecule has 3 rings (SSSR count). The van der Waals surface area contributed by atoms with Gasteiger partial charge in [-0.25, -0.2) is 4.85 Å². The van der Waals surface area contributed by atoms with Crippen LogP contribution in [0.3, 0.4) is 0 Å². The van der Waals surface area contributed by atoms with Gasteiger partial charge in [0.25, 0.3) is 0 Å². The molecule has 0 aliphatic rings. The van der Waals surface area contributed by atoms with Crippen LogP contribution in [0, 0.1) is 13.5 Å². The van der Waals surface area contributed by atoms with E-state index in [1.807, 2.05) is 25.1 Å². The Bertz CT molecular complexity index is 1120. The van der Waals surface area contributed by atoms with E-state index in [-0.39, 0.29) is 12.1 Å². The number of benzene rings is 2. The zero-order valence-corrected chi connectivity index (χ0v) is 15.8. The lowest BCUT2D eigenvalue weighted by molar-refractivity contribution is -0.138. The fourth-order valence-electron chi connectivity index (χ4n) is 3.11. The number of aliphatic hydroxyl groups is 1. The maximum Gasteiger partial charge on any atom is 0.407 e. The standard InChI is InChI=1S/C21H18F3N3O2/c1-13-5-4-6-17-15(13)11-27(26-17)12-20(2,29)19(28)10-14-7-8-18(25-3)16(9-14)21(22,23)24/h4-9,11,29H,10,12H2,1-2H3/t20-/m0/s1. The maximum atomic E-state index is 13.1. The van der Waals surface area contributed by atoms with Crippen molar-refractivity contribution in [2.45, 2.75) is 38.6 Å². The number of aryl methyl sites for hydroxylation is 1. The molecule has 0 unspecified atom stereocenters. The van der Waals surface area contributed by atoms with Crippen LogP contribution in [0.15, 0.2) is 42.6 Å². The van der Waals surface area contributed by atoms with E-state index in [1.54, 1.807) is 6.20 Å². The number of halogens is 3. The van der Waals surface area contributed by atoms with Gasteiger partial charge in [0.1, 0.15) is 5.60 Å². The molecule has 1 aromatic heterocycles. The number of alkyl halides is 3. The van der Waals surface area contributed by atoms with Crippen LogP contribution < -0.4 is 0 Å². The number of Topliss-reactive ketones (excluding diaryl/α,β-unsaturated/α-hetero) is 1. The van der Waals surface area contributed by atoms with Crippen LogP contribution in [0.2, 0.25) is 0 Å². The second-order valence-corrected chi connectivity index (χ2v) is 7.17. The van der Waals surface area contributed by atoms with Crippen molar-refractivity contribution >= 4 is 22.4 Å². The lowest BCUT2D eigenvalue weighted by atomic mass is 9.94. The Kier molecular flexibility index (Phi) is 5.20. The summed E-state index contributed by atoms with van der Waals surface area (Å²) >= 11 is 0. The lowest BCUT2D eigenvalue weighted by Gasteiger charge is -2.22. The molecule has 1 heterocycles. The minimum Gasteiger partial charge on any atom is -0.380 e. The number of nitrogens with zero attached hydrogens (tertiary/aromatic N) is 3. The Morgan fingerprint density at radius 3 is 2.62 bits per heavy atom. The van der Waals surface area contributed by atoms with Crippen molar-refractivity contribution in [1.82, 2.24) is 9.78 Å². The molecule has 29 heavy (non-hydrogen) atoms. The maximum absolute atomic E-state index is 13.1. The van der Waals surface area contributed by atoms with Gasteiger partial charge in [0.05, 0.1) is 24.2 Å². The number of aromatic nitrogens is 2. The topological polar surface area (TPSA) is 59.5 Å². The monoisotopic (exact) mass is 401 g/mol. The van der Waals surface area contributed by atoms with Gasteiger partial charge in [-0.15, -0.1) is 0 Å². The van der Waals surface area contributed by atoms with Gasteiger partial charge in [-0.3, -0.25) is 9.48 Å². The van der Waals surface area contributed by atoms with Crippen molar-refractivity contribution in [2.24, 2.45) is 0 Å². The molecule has 0 saturated heterocycles. The Morgan fingerprint density at radius 1 is 1.28 bits per heavy atom. The molecule has 0 saturated carbocycles. The van der Waals surface area contributed by atoms with E-state index < -0.39 is 35.2 Å². The summed E-state index contributed by atoms with van der Waals surface area (Å²) in [6, 6.07) is 8.70. The molecule has 0 bridgehead atoms. The van der Waals surface area contributed by atoms with Gasteiger partial charge >= 0.3 is 6.18 Å². The first-order chi connectivity index (χ1) is 13.5. The third-order valence-corrected chi connectivity index (χ3v) is 4.74. The van der Waals surface area contributed by atoms with Crippen LogP contribution >= 0.6 is 0 Å². The molecule has 0 amide bonds. The minimum atomic E-state index is -4.70. The fraction of sp³-hybridized carbons (Fsp3) is 0.286. The van der Waals surface area contributed by atoms with E-state index in [2.05, 4.69) is 9.94 Å². The van der Waals surface area contributed by atoms with Gasteiger partial charge < -0.3 is 5.11 Å². The molecule has 2 aromatic carbocycles. The Balaban J connectivity index is 1.82. The summed E-state index contributed by atoms with van der Waals surface area (Å²) in [4.78, 5) is 15.5. The van der Waals surface area contributed by atoms with E-state index in [0.717, 1.165) is 28.6 Å². The van der Waals surface area contributed by atoms with Gasteiger partial charge in [-0.05, 0) is 31.0 Å². The highest BCUT2D eigenvalue weighted by Gasteiger charge is 2.35. The van der Waals surface area contributed by atoms with Crippen LogP contribution in [0.1, 0.15) is 23.6 Å². The predicted molar refractivity (Wildman–Crippen MR) is 102 cm³/mol. The summed E-state index contributed by atoms with van der Waals surface area (Å²) in [7, 11) is 0. The summed E-state index contributed by atoms with van der Waals surface area (Å²) in [6.07, 6.45) is -3.37. The lowest BCUT2D eigenvalue weighted by Crippen LogP contribution is -2.40. The summed E-state index contributed by atoms with van der Waals surface area (Å²) in [5, 5.41) is 15.9. The summed E-state index contributed by atoms with van der Waals surface area (Å²) < 4.78 is 40.8. The number of fused-ring (bicyclic) bond motifs is 1. The van der Waals surface area contributed by atoms with Gasteiger partial charge in [0, 0.05) is 18.0 Å². The number of carbonyl (C=O) groups is 1.